The molecule has 0 spiro atoms. The minimum atomic E-state index is -0.471. The third-order valence-corrected chi connectivity index (χ3v) is 3.81. The average molecular weight is 328 g/mol. The summed E-state index contributed by atoms with van der Waals surface area (Å²) >= 11 is 5.80. The number of hydrogen-bond acceptors (Lipinski definition) is 3. The molecule has 3 heterocycles. The first-order chi connectivity index (χ1) is 11.2. The Labute approximate surface area is 135 Å². The van der Waals surface area contributed by atoms with Crippen molar-refractivity contribution in [2.24, 2.45) is 0 Å². The van der Waals surface area contributed by atoms with Crippen molar-refractivity contribution in [3.05, 3.63) is 65.7 Å². The Hall–Kier alpha value is -2.73. The number of halogens is 2. The van der Waals surface area contributed by atoms with Crippen LogP contribution in [0.25, 0.3) is 22.4 Å². The van der Waals surface area contributed by atoms with Crippen LogP contribution in [0, 0.1) is 5.82 Å². The van der Waals surface area contributed by atoms with E-state index in [1.54, 1.807) is 24.9 Å². The van der Waals surface area contributed by atoms with Crippen LogP contribution in [-0.2, 0) is 6.54 Å². The van der Waals surface area contributed by atoms with Crippen LogP contribution in [0.2, 0.25) is 5.02 Å². The summed E-state index contributed by atoms with van der Waals surface area (Å²) in [6, 6.07) is 4.84. The Morgan fingerprint density at radius 1 is 1.17 bits per heavy atom. The standard InChI is InChI=1S/C16H11ClFN5/c17-12-4-14-15(5-13(12)18)22-16(21-14)11-3-10(6-20-7-11)8-23-2-1-19-9-23/h1-7,9H,8H2,(H,21,22). The maximum Gasteiger partial charge on any atom is 0.144 e. The fourth-order valence-corrected chi connectivity index (χ4v) is 2.59. The molecule has 4 rings (SSSR count). The summed E-state index contributed by atoms with van der Waals surface area (Å²) < 4.78 is 15.5. The normalized spacial score (nSPS) is 11.2. The second kappa shape index (κ2) is 5.48. The largest absolute Gasteiger partial charge is 0.338 e. The van der Waals surface area contributed by atoms with Gasteiger partial charge in [0.05, 0.1) is 28.9 Å². The summed E-state index contributed by atoms with van der Waals surface area (Å²) in [6.45, 7) is 0.668. The van der Waals surface area contributed by atoms with Crippen LogP contribution in [0.15, 0.2) is 49.3 Å². The number of rotatable bonds is 3. The minimum Gasteiger partial charge on any atom is -0.338 e. The van der Waals surface area contributed by atoms with Gasteiger partial charge in [-0.2, -0.15) is 0 Å². The van der Waals surface area contributed by atoms with Crippen molar-refractivity contribution in [3.8, 4) is 11.4 Å². The Balaban J connectivity index is 1.72. The molecule has 0 aliphatic heterocycles. The van der Waals surface area contributed by atoms with Crippen molar-refractivity contribution >= 4 is 22.6 Å². The molecule has 0 saturated carbocycles. The topological polar surface area (TPSA) is 59.4 Å². The zero-order chi connectivity index (χ0) is 15.8. The zero-order valence-corrected chi connectivity index (χ0v) is 12.6. The molecule has 5 nitrogen and oxygen atoms in total. The molecular weight excluding hydrogens is 317 g/mol. The lowest BCUT2D eigenvalue weighted by molar-refractivity contribution is 0.630. The van der Waals surface area contributed by atoms with Crippen molar-refractivity contribution < 1.29 is 4.39 Å². The number of aromatic amines is 1. The lowest BCUT2D eigenvalue weighted by atomic mass is 10.2. The van der Waals surface area contributed by atoms with E-state index in [2.05, 4.69) is 19.9 Å². The highest BCUT2D eigenvalue weighted by Gasteiger charge is 2.10. The first kappa shape index (κ1) is 13.9. The molecular formula is C16H11ClFN5. The number of aromatic nitrogens is 5. The highest BCUT2D eigenvalue weighted by atomic mass is 35.5. The van der Waals surface area contributed by atoms with Gasteiger partial charge in [-0.1, -0.05) is 11.6 Å². The van der Waals surface area contributed by atoms with Gasteiger partial charge in [-0.05, 0) is 17.7 Å². The van der Waals surface area contributed by atoms with Gasteiger partial charge in [0.25, 0.3) is 0 Å². The van der Waals surface area contributed by atoms with E-state index < -0.39 is 5.82 Å². The third-order valence-electron chi connectivity index (χ3n) is 3.52. The van der Waals surface area contributed by atoms with Crippen molar-refractivity contribution in [1.29, 1.82) is 0 Å². The van der Waals surface area contributed by atoms with Crippen molar-refractivity contribution in [1.82, 2.24) is 24.5 Å². The highest BCUT2D eigenvalue weighted by molar-refractivity contribution is 6.31. The van der Waals surface area contributed by atoms with Crippen molar-refractivity contribution in [2.45, 2.75) is 6.54 Å². The molecule has 0 unspecified atom stereocenters. The molecule has 0 bridgehead atoms. The smallest absolute Gasteiger partial charge is 0.144 e. The molecule has 0 amide bonds. The molecule has 0 fully saturated rings. The molecule has 1 N–H and O–H groups in total. The van der Waals surface area contributed by atoms with E-state index in [9.17, 15) is 4.39 Å². The second-order valence-corrected chi connectivity index (χ2v) is 5.59. The average Bonchev–Trinajstić information content (AvgIpc) is 3.18. The highest BCUT2D eigenvalue weighted by Crippen LogP contribution is 2.25. The fraction of sp³-hybridized carbons (Fsp3) is 0.0625. The van der Waals surface area contributed by atoms with Gasteiger partial charge in [0.2, 0.25) is 0 Å². The first-order valence-electron chi connectivity index (χ1n) is 6.94. The number of H-pyrrole nitrogens is 1. The predicted molar refractivity (Wildman–Crippen MR) is 85.6 cm³/mol. The molecule has 0 aliphatic rings. The van der Waals surface area contributed by atoms with Crippen LogP contribution in [0.4, 0.5) is 4.39 Å². The van der Waals surface area contributed by atoms with E-state index in [-0.39, 0.29) is 5.02 Å². The monoisotopic (exact) mass is 327 g/mol. The van der Waals surface area contributed by atoms with Gasteiger partial charge in [0, 0.05) is 36.4 Å². The molecule has 0 atom stereocenters. The molecule has 4 aromatic rings. The fourth-order valence-electron chi connectivity index (χ4n) is 2.44. The maximum absolute atomic E-state index is 13.5. The van der Waals surface area contributed by atoms with Gasteiger partial charge in [-0.3, -0.25) is 4.98 Å². The summed E-state index contributed by atoms with van der Waals surface area (Å²) in [5.41, 5.74) is 3.06. The number of nitrogens with one attached hydrogen (secondary N) is 1. The molecule has 0 saturated heterocycles. The van der Waals surface area contributed by atoms with Crippen molar-refractivity contribution in [3.63, 3.8) is 0 Å². The summed E-state index contributed by atoms with van der Waals surface area (Å²) in [5.74, 6) is 0.156. The van der Waals surface area contributed by atoms with Gasteiger partial charge in [0.1, 0.15) is 11.6 Å². The van der Waals surface area contributed by atoms with Crippen molar-refractivity contribution in [2.75, 3.05) is 0 Å². The molecule has 7 heteroatoms. The predicted octanol–water partition coefficient (Wildman–Crippen LogP) is 3.66. The van der Waals surface area contributed by atoms with E-state index in [1.807, 2.05) is 16.8 Å². The van der Waals surface area contributed by atoms with E-state index in [0.717, 1.165) is 11.1 Å². The van der Waals surface area contributed by atoms with Gasteiger partial charge in [-0.25, -0.2) is 14.4 Å². The Bertz CT molecular complexity index is 938. The summed E-state index contributed by atoms with van der Waals surface area (Å²) in [4.78, 5) is 15.8. The lowest BCUT2D eigenvalue weighted by Crippen LogP contribution is -1.97. The number of fused-ring (bicyclic) bond motifs is 1. The Morgan fingerprint density at radius 3 is 2.91 bits per heavy atom. The number of benzene rings is 1. The quantitative estimate of drug-likeness (QED) is 0.624. The third kappa shape index (κ3) is 2.68. The number of imidazole rings is 2. The SMILES string of the molecule is Fc1cc2[nH]c(-c3cncc(Cn4ccnc4)c3)nc2cc1Cl. The van der Waals surface area contributed by atoms with Crippen LogP contribution in [0.3, 0.4) is 0 Å². The van der Waals surface area contributed by atoms with E-state index in [0.29, 0.717) is 23.4 Å². The Kier molecular flexibility index (Phi) is 3.31. The zero-order valence-electron chi connectivity index (χ0n) is 11.9. The summed E-state index contributed by atoms with van der Waals surface area (Å²) in [5, 5.41) is 0.0579. The van der Waals surface area contributed by atoms with Crippen LogP contribution in [0.5, 0.6) is 0 Å². The molecule has 0 aliphatic carbocycles. The molecule has 3 aromatic heterocycles. The Morgan fingerprint density at radius 2 is 2.09 bits per heavy atom. The van der Waals surface area contributed by atoms with Gasteiger partial charge in [0.15, 0.2) is 0 Å². The summed E-state index contributed by atoms with van der Waals surface area (Å²) in [7, 11) is 0. The van der Waals surface area contributed by atoms with E-state index >= 15 is 0 Å². The van der Waals surface area contributed by atoms with E-state index in [4.69, 9.17) is 11.6 Å². The van der Waals surface area contributed by atoms with E-state index in [1.165, 1.54) is 12.1 Å². The van der Waals surface area contributed by atoms with Crippen LogP contribution < -0.4 is 0 Å². The van der Waals surface area contributed by atoms with Gasteiger partial charge >= 0.3 is 0 Å². The maximum atomic E-state index is 13.5. The second-order valence-electron chi connectivity index (χ2n) is 5.19. The van der Waals surface area contributed by atoms with Crippen LogP contribution >= 0.6 is 11.6 Å². The molecule has 1 aromatic carbocycles. The van der Waals surface area contributed by atoms with Crippen LogP contribution in [0.1, 0.15) is 5.56 Å². The number of nitrogens with zero attached hydrogens (tertiary/aromatic N) is 4. The molecule has 23 heavy (non-hydrogen) atoms. The number of hydrogen-bond donors (Lipinski definition) is 1. The first-order valence-corrected chi connectivity index (χ1v) is 7.31. The van der Waals surface area contributed by atoms with Crippen LogP contribution in [-0.4, -0.2) is 24.5 Å². The lowest BCUT2D eigenvalue weighted by Gasteiger charge is -2.03. The minimum absolute atomic E-state index is 0.0579. The number of pyridine rings is 1. The van der Waals surface area contributed by atoms with Gasteiger partial charge in [-0.15, -0.1) is 0 Å². The molecule has 114 valence electrons. The van der Waals surface area contributed by atoms with Gasteiger partial charge < -0.3 is 9.55 Å². The molecule has 0 radical (unpaired) electrons. The summed E-state index contributed by atoms with van der Waals surface area (Å²) in [6.07, 6.45) is 8.88.